The van der Waals surface area contributed by atoms with Crippen molar-refractivity contribution >= 4 is 28.4 Å². The molecule has 6 nitrogen and oxygen atoms in total. The highest BCUT2D eigenvalue weighted by molar-refractivity contribution is 5.90. The van der Waals surface area contributed by atoms with Crippen LogP contribution in [-0.4, -0.2) is 17.1 Å². The fourth-order valence-corrected chi connectivity index (χ4v) is 2.65. The van der Waals surface area contributed by atoms with Crippen molar-refractivity contribution in [1.29, 1.82) is 0 Å². The van der Waals surface area contributed by atoms with E-state index in [1.807, 2.05) is 60.7 Å². The van der Waals surface area contributed by atoms with Crippen molar-refractivity contribution in [2.24, 2.45) is 0 Å². The van der Waals surface area contributed by atoms with Crippen LogP contribution in [0, 0.1) is 0 Å². The number of nitrogens with one attached hydrogen (secondary N) is 2. The van der Waals surface area contributed by atoms with Crippen LogP contribution in [0.3, 0.4) is 0 Å². The Labute approximate surface area is 163 Å². The van der Waals surface area contributed by atoms with E-state index in [2.05, 4.69) is 20.6 Å². The van der Waals surface area contributed by atoms with Gasteiger partial charge in [-0.15, -0.1) is 0 Å². The van der Waals surface area contributed by atoms with E-state index in [1.54, 1.807) is 13.4 Å². The molecule has 2 heterocycles. The Morgan fingerprint density at radius 1 is 0.963 bits per heavy atom. The average Bonchev–Trinajstić information content (AvgIpc) is 3.20. The molecule has 0 aliphatic carbocycles. The smallest absolute Gasteiger partial charge is 0.229 e. The average molecular weight is 382 g/mol. The number of fused-ring (bicyclic) bond motifs is 1. The molecule has 0 fully saturated rings. The number of methoxy groups -OCH3 is 1. The summed E-state index contributed by atoms with van der Waals surface area (Å²) in [7, 11) is 1.64. The van der Waals surface area contributed by atoms with Crippen LogP contribution in [-0.2, 0) is 6.54 Å². The number of hydrogen-bond donors (Lipinski definition) is 2. The van der Waals surface area contributed by atoms with Crippen molar-refractivity contribution in [3.05, 3.63) is 72.7 Å². The Balaban J connectivity index is 0.00000210. The van der Waals surface area contributed by atoms with Gasteiger partial charge in [0.1, 0.15) is 17.3 Å². The minimum absolute atomic E-state index is 0. The summed E-state index contributed by atoms with van der Waals surface area (Å²) >= 11 is 0. The van der Waals surface area contributed by atoms with Crippen LogP contribution in [0.1, 0.15) is 5.76 Å². The van der Waals surface area contributed by atoms with E-state index < -0.39 is 0 Å². The molecule has 2 N–H and O–H groups in total. The highest BCUT2D eigenvalue weighted by Gasteiger charge is 2.08. The summed E-state index contributed by atoms with van der Waals surface area (Å²) in [6, 6.07) is 19.3. The van der Waals surface area contributed by atoms with Gasteiger partial charge in [-0.05, 0) is 48.5 Å². The van der Waals surface area contributed by atoms with E-state index in [4.69, 9.17) is 9.15 Å². The number of halogens is 1. The quantitative estimate of drug-likeness (QED) is 0.528. The molecule has 0 unspecified atom stereocenters. The van der Waals surface area contributed by atoms with Crippen LogP contribution in [0.15, 0.2) is 71.3 Å². The molecule has 4 aromatic rings. The number of anilines is 3. The van der Waals surface area contributed by atoms with Gasteiger partial charge in [0.2, 0.25) is 5.95 Å². The van der Waals surface area contributed by atoms with Crippen LogP contribution in [0.25, 0.3) is 10.9 Å². The third-order valence-corrected chi connectivity index (χ3v) is 3.96. The Morgan fingerprint density at radius 2 is 1.78 bits per heavy atom. The first-order chi connectivity index (χ1) is 12.8. The zero-order valence-electron chi connectivity index (χ0n) is 14.6. The summed E-state index contributed by atoms with van der Waals surface area (Å²) in [4.78, 5) is 9.23. The van der Waals surface area contributed by atoms with Gasteiger partial charge in [-0.3, -0.25) is 0 Å². The summed E-state index contributed by atoms with van der Waals surface area (Å²) in [5.41, 5.74) is 1.75. The molecular weight excluding hydrogens is 364 g/mol. The Morgan fingerprint density at radius 3 is 2.52 bits per heavy atom. The molecule has 0 saturated heterocycles. The lowest BCUT2D eigenvalue weighted by molar-refractivity contribution is -0.00000612. The second kappa shape index (κ2) is 8.42. The van der Waals surface area contributed by atoms with Crippen LogP contribution < -0.4 is 27.8 Å². The van der Waals surface area contributed by atoms with Crippen molar-refractivity contribution in [3.8, 4) is 5.75 Å². The molecular formula is C20H18ClN4O2-. The third-order valence-electron chi connectivity index (χ3n) is 3.96. The first-order valence-electron chi connectivity index (χ1n) is 8.26. The van der Waals surface area contributed by atoms with Gasteiger partial charge in [0.25, 0.3) is 0 Å². The van der Waals surface area contributed by atoms with Crippen LogP contribution >= 0.6 is 0 Å². The predicted molar refractivity (Wildman–Crippen MR) is 102 cm³/mol. The fraction of sp³-hybridized carbons (Fsp3) is 0.100. The third kappa shape index (κ3) is 4.30. The van der Waals surface area contributed by atoms with E-state index in [9.17, 15) is 0 Å². The fourth-order valence-electron chi connectivity index (χ4n) is 2.65. The molecule has 7 heteroatoms. The van der Waals surface area contributed by atoms with Gasteiger partial charge in [-0.1, -0.05) is 12.1 Å². The zero-order chi connectivity index (χ0) is 17.8. The number of para-hydroxylation sites is 1. The standard InChI is InChI=1S/C20H18N4O2.ClH/c1-25-15-10-8-14(9-11-15)22-20-23-18-7-3-2-6-17(18)19(24-20)21-13-16-5-4-12-26-16;/h2-12H,13H2,1H3,(H2,21,22,23,24);1H/p-1. The number of ether oxygens (including phenoxy) is 1. The van der Waals surface area contributed by atoms with Gasteiger partial charge in [-0.2, -0.15) is 4.98 Å². The molecule has 27 heavy (non-hydrogen) atoms. The Bertz CT molecular complexity index is 1000. The first kappa shape index (κ1) is 18.5. The summed E-state index contributed by atoms with van der Waals surface area (Å²) in [5, 5.41) is 7.53. The Kier molecular flexibility index (Phi) is 5.78. The zero-order valence-corrected chi connectivity index (χ0v) is 15.4. The van der Waals surface area contributed by atoms with Crippen molar-refractivity contribution in [3.63, 3.8) is 0 Å². The lowest BCUT2D eigenvalue weighted by atomic mass is 10.2. The number of rotatable bonds is 6. The minimum Gasteiger partial charge on any atom is -1.00 e. The predicted octanol–water partition coefficient (Wildman–Crippen LogP) is 1.59. The maximum Gasteiger partial charge on any atom is 0.229 e. The molecule has 0 aliphatic heterocycles. The molecule has 0 atom stereocenters. The van der Waals surface area contributed by atoms with Crippen molar-refractivity contribution in [2.45, 2.75) is 6.54 Å². The second-order valence-electron chi connectivity index (χ2n) is 5.70. The monoisotopic (exact) mass is 381 g/mol. The maximum absolute atomic E-state index is 5.38. The normalized spacial score (nSPS) is 10.3. The molecule has 2 aromatic carbocycles. The summed E-state index contributed by atoms with van der Waals surface area (Å²) < 4.78 is 10.6. The van der Waals surface area contributed by atoms with Gasteiger partial charge < -0.3 is 32.2 Å². The molecule has 4 rings (SSSR count). The van der Waals surface area contributed by atoms with Gasteiger partial charge in [0.15, 0.2) is 0 Å². The highest BCUT2D eigenvalue weighted by Crippen LogP contribution is 2.25. The van der Waals surface area contributed by atoms with E-state index >= 15 is 0 Å². The largest absolute Gasteiger partial charge is 1.00 e. The van der Waals surface area contributed by atoms with Crippen molar-refractivity contribution in [1.82, 2.24) is 9.97 Å². The number of benzene rings is 2. The molecule has 0 aliphatic rings. The molecule has 0 spiro atoms. The molecule has 0 amide bonds. The topological polar surface area (TPSA) is 72.2 Å². The van der Waals surface area contributed by atoms with E-state index in [1.165, 1.54) is 0 Å². The Hall–Kier alpha value is -3.25. The van der Waals surface area contributed by atoms with Gasteiger partial charge in [-0.25, -0.2) is 4.98 Å². The number of hydrogen-bond acceptors (Lipinski definition) is 6. The lowest BCUT2D eigenvalue weighted by Crippen LogP contribution is -3.00. The number of furan rings is 1. The maximum atomic E-state index is 5.38. The van der Waals surface area contributed by atoms with Crippen LogP contribution in [0.5, 0.6) is 5.75 Å². The van der Waals surface area contributed by atoms with E-state index in [0.29, 0.717) is 12.5 Å². The number of aromatic nitrogens is 2. The van der Waals surface area contributed by atoms with Gasteiger partial charge >= 0.3 is 0 Å². The van der Waals surface area contributed by atoms with Crippen LogP contribution in [0.2, 0.25) is 0 Å². The lowest BCUT2D eigenvalue weighted by Gasteiger charge is -2.11. The van der Waals surface area contributed by atoms with Gasteiger partial charge in [0.05, 0.1) is 25.4 Å². The minimum atomic E-state index is 0. The van der Waals surface area contributed by atoms with Crippen molar-refractivity contribution < 1.29 is 21.6 Å². The summed E-state index contributed by atoms with van der Waals surface area (Å²) in [5.74, 6) is 2.92. The molecule has 0 radical (unpaired) electrons. The molecule has 0 saturated carbocycles. The van der Waals surface area contributed by atoms with Crippen LogP contribution in [0.4, 0.5) is 17.5 Å². The number of nitrogens with zero attached hydrogens (tertiary/aromatic N) is 2. The SMILES string of the molecule is COc1ccc(Nc2nc(NCc3ccco3)c3ccccc3n2)cc1.[Cl-]. The van der Waals surface area contributed by atoms with E-state index in [0.717, 1.165) is 33.9 Å². The molecule has 138 valence electrons. The summed E-state index contributed by atoms with van der Waals surface area (Å²) in [6.45, 7) is 0.552. The summed E-state index contributed by atoms with van der Waals surface area (Å²) in [6.07, 6.45) is 1.66. The van der Waals surface area contributed by atoms with Gasteiger partial charge in [0, 0.05) is 11.1 Å². The second-order valence-corrected chi connectivity index (χ2v) is 5.70. The first-order valence-corrected chi connectivity index (χ1v) is 8.26. The van der Waals surface area contributed by atoms with Crippen molar-refractivity contribution in [2.75, 3.05) is 17.7 Å². The molecule has 0 bridgehead atoms. The highest BCUT2D eigenvalue weighted by atomic mass is 35.5. The molecule has 2 aromatic heterocycles. The van der Waals surface area contributed by atoms with E-state index in [-0.39, 0.29) is 12.4 Å².